The Kier molecular flexibility index (Phi) is 7.54. The van der Waals surface area contributed by atoms with Crippen LogP contribution in [0.1, 0.15) is 37.6 Å². The molecule has 0 aliphatic heterocycles. The number of halogens is 1. The summed E-state index contributed by atoms with van der Waals surface area (Å²) in [7, 11) is 0. The minimum absolute atomic E-state index is 0.0747. The Morgan fingerprint density at radius 3 is 2.38 bits per heavy atom. The molecule has 2 aromatic rings. The standard InChI is InChI=1S/C20H23ClN2O2S/c1-4-13(2)22-20(25)17-7-5-6-8-18(17)23-19(24)14(3)26-16-11-9-15(21)10-12-16/h5-14H,4H2,1-3H3,(H,22,25)(H,23,24)/t13-,14+/m0/s1. The third-order valence-corrected chi connectivity index (χ3v) is 5.28. The van der Waals surface area contributed by atoms with Gasteiger partial charge in [-0.3, -0.25) is 9.59 Å². The Morgan fingerprint density at radius 2 is 1.73 bits per heavy atom. The highest BCUT2D eigenvalue weighted by atomic mass is 35.5. The summed E-state index contributed by atoms with van der Waals surface area (Å²) in [5, 5.41) is 6.14. The van der Waals surface area contributed by atoms with Gasteiger partial charge in [0.15, 0.2) is 0 Å². The van der Waals surface area contributed by atoms with Crippen molar-refractivity contribution in [1.82, 2.24) is 5.32 Å². The SMILES string of the molecule is CC[C@H](C)NC(=O)c1ccccc1NC(=O)[C@@H](C)Sc1ccc(Cl)cc1. The molecule has 0 fully saturated rings. The van der Waals surface area contributed by atoms with Gasteiger partial charge >= 0.3 is 0 Å². The van der Waals surface area contributed by atoms with Crippen LogP contribution in [0.5, 0.6) is 0 Å². The van der Waals surface area contributed by atoms with Gasteiger partial charge in [0.05, 0.1) is 16.5 Å². The maximum absolute atomic E-state index is 12.5. The van der Waals surface area contributed by atoms with Crippen LogP contribution in [0.3, 0.4) is 0 Å². The average molecular weight is 391 g/mol. The first-order valence-corrected chi connectivity index (χ1v) is 9.79. The molecule has 138 valence electrons. The number of rotatable bonds is 7. The average Bonchev–Trinajstić information content (AvgIpc) is 2.63. The maximum atomic E-state index is 12.5. The third-order valence-electron chi connectivity index (χ3n) is 3.92. The second-order valence-electron chi connectivity index (χ2n) is 6.03. The van der Waals surface area contributed by atoms with Crippen LogP contribution in [0, 0.1) is 0 Å². The van der Waals surface area contributed by atoms with E-state index in [0.29, 0.717) is 16.3 Å². The van der Waals surface area contributed by atoms with Gasteiger partial charge in [0.2, 0.25) is 5.91 Å². The molecular weight excluding hydrogens is 368 g/mol. The van der Waals surface area contributed by atoms with E-state index >= 15 is 0 Å². The van der Waals surface area contributed by atoms with Crippen molar-refractivity contribution in [2.24, 2.45) is 0 Å². The zero-order valence-electron chi connectivity index (χ0n) is 15.1. The fraction of sp³-hybridized carbons (Fsp3) is 0.300. The lowest BCUT2D eigenvalue weighted by atomic mass is 10.1. The van der Waals surface area contributed by atoms with Gasteiger partial charge in [-0.15, -0.1) is 11.8 Å². The van der Waals surface area contributed by atoms with Crippen molar-refractivity contribution in [1.29, 1.82) is 0 Å². The van der Waals surface area contributed by atoms with Crippen molar-refractivity contribution in [3.05, 3.63) is 59.1 Å². The van der Waals surface area contributed by atoms with Gasteiger partial charge in [-0.25, -0.2) is 0 Å². The second kappa shape index (κ2) is 9.64. The smallest absolute Gasteiger partial charge is 0.253 e. The van der Waals surface area contributed by atoms with E-state index in [1.807, 2.05) is 32.9 Å². The summed E-state index contributed by atoms with van der Waals surface area (Å²) in [6, 6.07) is 14.5. The predicted molar refractivity (Wildman–Crippen MR) is 109 cm³/mol. The molecule has 0 unspecified atom stereocenters. The number of carbonyl (C=O) groups is 2. The number of hydrogen-bond donors (Lipinski definition) is 2. The molecule has 2 amide bonds. The van der Waals surface area contributed by atoms with E-state index in [-0.39, 0.29) is 23.1 Å². The van der Waals surface area contributed by atoms with E-state index in [4.69, 9.17) is 11.6 Å². The molecule has 26 heavy (non-hydrogen) atoms. The first-order chi connectivity index (χ1) is 12.4. The van der Waals surface area contributed by atoms with Gasteiger partial charge < -0.3 is 10.6 Å². The number of nitrogens with one attached hydrogen (secondary N) is 2. The van der Waals surface area contributed by atoms with E-state index in [1.165, 1.54) is 11.8 Å². The van der Waals surface area contributed by atoms with E-state index in [1.54, 1.807) is 36.4 Å². The molecular formula is C20H23ClN2O2S. The number of para-hydroxylation sites is 1. The van der Waals surface area contributed by atoms with Crippen molar-refractivity contribution in [3.63, 3.8) is 0 Å². The first-order valence-electron chi connectivity index (χ1n) is 8.53. The molecule has 2 rings (SSSR count). The normalized spacial score (nSPS) is 12.9. The van der Waals surface area contributed by atoms with Crippen LogP contribution in [0.4, 0.5) is 5.69 Å². The lowest BCUT2D eigenvalue weighted by Gasteiger charge is -2.16. The molecule has 0 bridgehead atoms. The minimum atomic E-state index is -0.318. The number of anilines is 1. The molecule has 0 radical (unpaired) electrons. The lowest BCUT2D eigenvalue weighted by molar-refractivity contribution is -0.115. The van der Waals surface area contributed by atoms with Crippen LogP contribution < -0.4 is 10.6 Å². The first kappa shape index (κ1) is 20.3. The molecule has 2 atom stereocenters. The summed E-state index contributed by atoms with van der Waals surface area (Å²) in [6.45, 7) is 5.79. The van der Waals surface area contributed by atoms with Crippen molar-refractivity contribution in [3.8, 4) is 0 Å². The second-order valence-corrected chi connectivity index (χ2v) is 7.88. The van der Waals surface area contributed by atoms with Crippen molar-refractivity contribution >= 4 is 40.9 Å². The van der Waals surface area contributed by atoms with Gasteiger partial charge in [-0.05, 0) is 56.7 Å². The van der Waals surface area contributed by atoms with Crippen molar-refractivity contribution in [2.75, 3.05) is 5.32 Å². The number of thioether (sulfide) groups is 1. The summed E-state index contributed by atoms with van der Waals surface area (Å²) in [5.74, 6) is -0.345. The van der Waals surface area contributed by atoms with Crippen molar-refractivity contribution < 1.29 is 9.59 Å². The number of hydrogen-bond acceptors (Lipinski definition) is 3. The molecule has 0 aromatic heterocycles. The molecule has 2 N–H and O–H groups in total. The summed E-state index contributed by atoms with van der Waals surface area (Å²) in [6.07, 6.45) is 0.842. The number of amides is 2. The topological polar surface area (TPSA) is 58.2 Å². The Morgan fingerprint density at radius 1 is 1.08 bits per heavy atom. The summed E-state index contributed by atoms with van der Waals surface area (Å²) < 4.78 is 0. The maximum Gasteiger partial charge on any atom is 0.253 e. The molecule has 0 saturated carbocycles. The van der Waals surface area contributed by atoms with E-state index in [0.717, 1.165) is 11.3 Å². The van der Waals surface area contributed by atoms with Gasteiger partial charge in [-0.1, -0.05) is 30.7 Å². The van der Waals surface area contributed by atoms with Crippen LogP contribution >= 0.6 is 23.4 Å². The zero-order chi connectivity index (χ0) is 19.1. The van der Waals surface area contributed by atoms with Crippen LogP contribution in [0.15, 0.2) is 53.4 Å². The summed E-state index contributed by atoms with van der Waals surface area (Å²) in [4.78, 5) is 25.9. The fourth-order valence-electron chi connectivity index (χ4n) is 2.20. The lowest BCUT2D eigenvalue weighted by Crippen LogP contribution is -2.33. The van der Waals surface area contributed by atoms with Crippen molar-refractivity contribution in [2.45, 2.75) is 43.4 Å². The fourth-order valence-corrected chi connectivity index (χ4v) is 3.19. The molecule has 0 aliphatic carbocycles. The van der Waals surface area contributed by atoms with E-state index < -0.39 is 0 Å². The van der Waals surface area contributed by atoms with Gasteiger partial charge in [-0.2, -0.15) is 0 Å². The largest absolute Gasteiger partial charge is 0.350 e. The molecule has 2 aromatic carbocycles. The molecule has 0 spiro atoms. The molecule has 0 saturated heterocycles. The highest BCUT2D eigenvalue weighted by Crippen LogP contribution is 2.26. The quantitative estimate of drug-likeness (QED) is 0.655. The molecule has 6 heteroatoms. The van der Waals surface area contributed by atoms with E-state index in [9.17, 15) is 9.59 Å². The Hall–Kier alpha value is -1.98. The van der Waals surface area contributed by atoms with Crippen LogP contribution in [0.25, 0.3) is 0 Å². The van der Waals surface area contributed by atoms with Crippen LogP contribution in [-0.4, -0.2) is 23.1 Å². The highest BCUT2D eigenvalue weighted by Gasteiger charge is 2.18. The Bertz CT molecular complexity index is 765. The molecule has 4 nitrogen and oxygen atoms in total. The van der Waals surface area contributed by atoms with Crippen LogP contribution in [0.2, 0.25) is 5.02 Å². The zero-order valence-corrected chi connectivity index (χ0v) is 16.7. The Balaban J connectivity index is 2.06. The Labute approximate surface area is 163 Å². The summed E-state index contributed by atoms with van der Waals surface area (Å²) in [5.41, 5.74) is 0.978. The van der Waals surface area contributed by atoms with Gasteiger partial charge in [0, 0.05) is 16.0 Å². The monoisotopic (exact) mass is 390 g/mol. The minimum Gasteiger partial charge on any atom is -0.350 e. The number of benzene rings is 2. The highest BCUT2D eigenvalue weighted by molar-refractivity contribution is 8.00. The van der Waals surface area contributed by atoms with E-state index in [2.05, 4.69) is 10.6 Å². The predicted octanol–water partition coefficient (Wildman–Crippen LogP) is 4.99. The number of carbonyl (C=O) groups excluding carboxylic acids is 2. The summed E-state index contributed by atoms with van der Waals surface area (Å²) >= 11 is 7.32. The van der Waals surface area contributed by atoms with Gasteiger partial charge in [0.25, 0.3) is 5.91 Å². The van der Waals surface area contributed by atoms with Gasteiger partial charge in [0.1, 0.15) is 0 Å². The third kappa shape index (κ3) is 5.78. The molecule has 0 aliphatic rings. The van der Waals surface area contributed by atoms with Crippen LogP contribution in [-0.2, 0) is 4.79 Å². The molecule has 0 heterocycles.